The van der Waals surface area contributed by atoms with Crippen molar-refractivity contribution >= 4 is 28.6 Å². The second-order valence-corrected chi connectivity index (χ2v) is 11.2. The van der Waals surface area contributed by atoms with Gasteiger partial charge in [-0.25, -0.2) is 9.80 Å². The van der Waals surface area contributed by atoms with Crippen molar-refractivity contribution in [2.75, 3.05) is 26.7 Å². The van der Waals surface area contributed by atoms with Crippen LogP contribution in [0.25, 0.3) is 10.8 Å². The first kappa shape index (κ1) is 29.7. The van der Waals surface area contributed by atoms with Crippen LogP contribution in [0.2, 0.25) is 0 Å². The number of urea groups is 1. The van der Waals surface area contributed by atoms with E-state index in [1.807, 2.05) is 91.0 Å². The van der Waals surface area contributed by atoms with Crippen LogP contribution in [0.5, 0.6) is 5.75 Å². The molecule has 2 saturated heterocycles. The van der Waals surface area contributed by atoms with E-state index in [0.29, 0.717) is 25.3 Å². The summed E-state index contributed by atoms with van der Waals surface area (Å²) in [6.07, 6.45) is 5.47. The van der Waals surface area contributed by atoms with E-state index in [2.05, 4.69) is 17.3 Å². The van der Waals surface area contributed by atoms with Gasteiger partial charge in [0.25, 0.3) is 0 Å². The number of ether oxygens (including phenoxy) is 1. The van der Waals surface area contributed by atoms with Gasteiger partial charge in [0.1, 0.15) is 18.0 Å². The van der Waals surface area contributed by atoms with E-state index >= 15 is 0 Å². The van der Waals surface area contributed by atoms with Crippen molar-refractivity contribution in [3.63, 3.8) is 0 Å². The quantitative estimate of drug-likeness (QED) is 0.293. The van der Waals surface area contributed by atoms with Crippen molar-refractivity contribution in [3.05, 3.63) is 114 Å². The first-order valence-corrected chi connectivity index (χ1v) is 15.0. The molecular formula is C36H35N5O4. The third-order valence-corrected chi connectivity index (χ3v) is 8.47. The molecule has 9 nitrogen and oxygen atoms in total. The van der Waals surface area contributed by atoms with Crippen molar-refractivity contribution in [2.24, 2.45) is 0 Å². The van der Waals surface area contributed by atoms with Crippen molar-refractivity contribution in [2.45, 2.75) is 31.7 Å². The number of hydrogen-bond acceptors (Lipinski definition) is 5. The Morgan fingerprint density at radius 1 is 0.956 bits per heavy atom. The second-order valence-electron chi connectivity index (χ2n) is 11.2. The zero-order valence-electron chi connectivity index (χ0n) is 25.1. The van der Waals surface area contributed by atoms with Gasteiger partial charge in [-0.3, -0.25) is 9.59 Å². The molecule has 2 atom stereocenters. The molecule has 0 unspecified atom stereocenters. The molecule has 0 saturated carbocycles. The number of hydrazine groups is 1. The summed E-state index contributed by atoms with van der Waals surface area (Å²) in [4.78, 5) is 44.9. The SMILES string of the molecule is C#CCN(C(=O)NCc1ccccc1)N1CC(=O)N2[C@@H](Cc3ccc(OC)cc3)C(=O)N(Cc3cccc4ccccc34)C[C@@H]21. The number of amides is 4. The molecule has 2 fully saturated rings. The number of benzene rings is 4. The number of nitrogens with zero attached hydrogens (tertiary/aromatic N) is 4. The van der Waals surface area contributed by atoms with Gasteiger partial charge in [-0.15, -0.1) is 6.42 Å². The van der Waals surface area contributed by atoms with Crippen LogP contribution >= 0.6 is 0 Å². The normalized spacial score (nSPS) is 18.0. The van der Waals surface area contributed by atoms with Crippen LogP contribution in [0.15, 0.2) is 97.1 Å². The van der Waals surface area contributed by atoms with Crippen molar-refractivity contribution in [1.29, 1.82) is 0 Å². The van der Waals surface area contributed by atoms with Gasteiger partial charge in [0.15, 0.2) is 0 Å². The van der Waals surface area contributed by atoms with Gasteiger partial charge in [-0.05, 0) is 39.6 Å². The molecule has 0 spiro atoms. The molecule has 0 aliphatic carbocycles. The van der Waals surface area contributed by atoms with Crippen LogP contribution in [0.1, 0.15) is 16.7 Å². The van der Waals surface area contributed by atoms with Crippen LogP contribution in [0, 0.1) is 12.3 Å². The smallest absolute Gasteiger partial charge is 0.333 e. The van der Waals surface area contributed by atoms with Crippen LogP contribution in [-0.2, 0) is 29.1 Å². The summed E-state index contributed by atoms with van der Waals surface area (Å²) < 4.78 is 5.31. The van der Waals surface area contributed by atoms with Gasteiger partial charge in [0.05, 0.1) is 26.7 Å². The molecule has 4 aromatic carbocycles. The number of nitrogens with one attached hydrogen (secondary N) is 1. The average molecular weight is 602 g/mol. The van der Waals surface area contributed by atoms with Gasteiger partial charge in [0, 0.05) is 19.5 Å². The van der Waals surface area contributed by atoms with E-state index in [0.717, 1.165) is 27.5 Å². The molecule has 4 amide bonds. The Labute approximate surface area is 262 Å². The van der Waals surface area contributed by atoms with Gasteiger partial charge in [0.2, 0.25) is 11.8 Å². The Morgan fingerprint density at radius 2 is 1.69 bits per heavy atom. The molecule has 9 heteroatoms. The number of fused-ring (bicyclic) bond motifs is 2. The number of carbonyl (C=O) groups excluding carboxylic acids is 3. The van der Waals surface area contributed by atoms with E-state index in [4.69, 9.17) is 11.2 Å². The van der Waals surface area contributed by atoms with Crippen LogP contribution in [-0.4, -0.2) is 76.6 Å². The van der Waals surface area contributed by atoms with Gasteiger partial charge in [-0.1, -0.05) is 90.8 Å². The molecule has 2 aliphatic rings. The largest absolute Gasteiger partial charge is 0.497 e. The molecule has 0 bridgehead atoms. The van der Waals surface area contributed by atoms with Crippen LogP contribution < -0.4 is 10.1 Å². The maximum atomic E-state index is 14.2. The summed E-state index contributed by atoms with van der Waals surface area (Å²) in [5, 5.41) is 8.23. The number of hydrogen-bond donors (Lipinski definition) is 1. The first-order valence-electron chi connectivity index (χ1n) is 15.0. The third kappa shape index (κ3) is 6.19. The predicted octanol–water partition coefficient (Wildman–Crippen LogP) is 4.03. The minimum atomic E-state index is -0.760. The number of carbonyl (C=O) groups is 3. The predicted molar refractivity (Wildman–Crippen MR) is 171 cm³/mol. The standard InChI is InChI=1S/C36H35N5O4/c1-3-20-39(36(44)37-22-27-10-5-4-6-11-27)40-25-34(42)41-32(21-26-16-18-30(45-2)19-17-26)35(43)38(24-33(40)41)23-29-14-9-13-28-12-7-8-15-31(28)29/h1,4-19,32-33H,20-25H2,2H3,(H,37,44)/t32-,33+/m0/s1. The van der Waals surface area contributed by atoms with Crippen molar-refractivity contribution in [3.8, 4) is 18.1 Å². The Hall–Kier alpha value is -5.33. The zero-order chi connectivity index (χ0) is 31.3. The van der Waals surface area contributed by atoms with E-state index in [-0.39, 0.29) is 31.4 Å². The fourth-order valence-electron chi connectivity index (χ4n) is 6.24. The molecule has 2 aliphatic heterocycles. The number of terminal acetylenes is 1. The topological polar surface area (TPSA) is 85.4 Å². The minimum absolute atomic E-state index is 0.0291. The lowest BCUT2D eigenvalue weighted by Gasteiger charge is -2.46. The molecule has 2 heterocycles. The lowest BCUT2D eigenvalue weighted by molar-refractivity contribution is -0.157. The van der Waals surface area contributed by atoms with Crippen molar-refractivity contribution in [1.82, 2.24) is 25.1 Å². The molecule has 0 aromatic heterocycles. The van der Waals surface area contributed by atoms with Gasteiger partial charge in [-0.2, -0.15) is 5.01 Å². The highest BCUT2D eigenvalue weighted by atomic mass is 16.5. The van der Waals surface area contributed by atoms with Gasteiger partial charge < -0.3 is 19.9 Å². The first-order chi connectivity index (χ1) is 22.0. The summed E-state index contributed by atoms with van der Waals surface area (Å²) in [5.74, 6) is 2.92. The van der Waals surface area contributed by atoms with E-state index in [1.165, 1.54) is 5.01 Å². The zero-order valence-corrected chi connectivity index (χ0v) is 25.1. The molecule has 0 radical (unpaired) electrons. The van der Waals surface area contributed by atoms with Crippen LogP contribution in [0.3, 0.4) is 0 Å². The highest BCUT2D eigenvalue weighted by Crippen LogP contribution is 2.31. The maximum Gasteiger partial charge on any atom is 0.333 e. The fraction of sp³-hybridized carbons (Fsp3) is 0.250. The summed E-state index contributed by atoms with van der Waals surface area (Å²) in [5.41, 5.74) is 2.84. The minimum Gasteiger partial charge on any atom is -0.497 e. The van der Waals surface area contributed by atoms with Gasteiger partial charge >= 0.3 is 6.03 Å². The van der Waals surface area contributed by atoms with E-state index in [1.54, 1.807) is 21.9 Å². The monoisotopic (exact) mass is 601 g/mol. The fourth-order valence-corrected chi connectivity index (χ4v) is 6.24. The van der Waals surface area contributed by atoms with E-state index < -0.39 is 18.2 Å². The molecule has 4 aromatic rings. The highest BCUT2D eigenvalue weighted by Gasteiger charge is 2.52. The summed E-state index contributed by atoms with van der Waals surface area (Å²) in [6, 6.07) is 30.1. The number of rotatable bonds is 9. The lowest BCUT2D eigenvalue weighted by atomic mass is 9.99. The van der Waals surface area contributed by atoms with Crippen molar-refractivity contribution < 1.29 is 19.1 Å². The third-order valence-electron chi connectivity index (χ3n) is 8.47. The second kappa shape index (κ2) is 13.1. The Balaban J connectivity index is 1.32. The van der Waals surface area contributed by atoms with E-state index in [9.17, 15) is 14.4 Å². The maximum absolute atomic E-state index is 14.2. The molecule has 228 valence electrons. The highest BCUT2D eigenvalue weighted by molar-refractivity contribution is 5.92. The Morgan fingerprint density at radius 3 is 2.44 bits per heavy atom. The average Bonchev–Trinajstić information content (AvgIpc) is 3.40. The Bertz CT molecular complexity index is 1730. The number of methoxy groups -OCH3 is 1. The Kier molecular flexibility index (Phi) is 8.67. The summed E-state index contributed by atoms with van der Waals surface area (Å²) in [6.45, 7) is 0.794. The van der Waals surface area contributed by atoms with Crippen LogP contribution in [0.4, 0.5) is 4.79 Å². The lowest BCUT2D eigenvalue weighted by Crippen LogP contribution is -2.66. The summed E-state index contributed by atoms with van der Waals surface area (Å²) >= 11 is 0. The molecule has 1 N–H and O–H groups in total. The summed E-state index contributed by atoms with van der Waals surface area (Å²) in [7, 11) is 1.60. The molecule has 45 heavy (non-hydrogen) atoms. The molecular weight excluding hydrogens is 566 g/mol. The molecule has 6 rings (SSSR count). The number of piperazine rings is 1.